The van der Waals surface area contributed by atoms with Gasteiger partial charge in [0, 0.05) is 24.5 Å². The van der Waals surface area contributed by atoms with Gasteiger partial charge >= 0.3 is 0 Å². The van der Waals surface area contributed by atoms with E-state index in [1.807, 2.05) is 71.9 Å². The van der Waals surface area contributed by atoms with Gasteiger partial charge in [-0.1, -0.05) is 60.2 Å². The molecule has 1 atom stereocenters. The Morgan fingerprint density at radius 1 is 0.912 bits per heavy atom. The number of morpholine rings is 1. The zero-order valence-corrected chi connectivity index (χ0v) is 19.1. The highest BCUT2D eigenvalue weighted by atomic mass is 16.5. The summed E-state index contributed by atoms with van der Waals surface area (Å²) in [6.07, 6.45) is 3.66. The summed E-state index contributed by atoms with van der Waals surface area (Å²) in [5, 5.41) is 0. The maximum absolute atomic E-state index is 12.8. The van der Waals surface area contributed by atoms with Crippen molar-refractivity contribution < 1.29 is 14.3 Å². The van der Waals surface area contributed by atoms with Crippen molar-refractivity contribution in [1.29, 1.82) is 0 Å². The number of ether oxygens (including phenoxy) is 2. The van der Waals surface area contributed by atoms with Gasteiger partial charge in [0.15, 0.2) is 0 Å². The number of carbonyl (C=O) groups excluding carboxylic acids is 1. The quantitative estimate of drug-likeness (QED) is 0.364. The van der Waals surface area contributed by atoms with E-state index >= 15 is 0 Å². The van der Waals surface area contributed by atoms with Crippen LogP contribution in [0.2, 0.25) is 0 Å². The van der Waals surface area contributed by atoms with E-state index < -0.39 is 0 Å². The zero-order chi connectivity index (χ0) is 23.3. The highest BCUT2D eigenvalue weighted by Gasteiger charge is 2.30. The molecule has 0 spiro atoms. The summed E-state index contributed by atoms with van der Waals surface area (Å²) >= 11 is 0. The highest BCUT2D eigenvalue weighted by molar-refractivity contribution is 5.79. The molecule has 1 amide bonds. The summed E-state index contributed by atoms with van der Waals surface area (Å²) < 4.78 is 11.5. The summed E-state index contributed by atoms with van der Waals surface area (Å²) in [5.41, 5.74) is 5.27. The first kappa shape index (κ1) is 21.9. The molecule has 34 heavy (non-hydrogen) atoms. The molecule has 0 N–H and O–H groups in total. The molecule has 5 nitrogen and oxygen atoms in total. The summed E-state index contributed by atoms with van der Waals surface area (Å²) in [4.78, 5) is 19.1. The monoisotopic (exact) mass is 450 g/mol. The van der Waals surface area contributed by atoms with E-state index in [9.17, 15) is 4.79 Å². The molecule has 1 saturated heterocycles. The fourth-order valence-corrected chi connectivity index (χ4v) is 4.11. The van der Waals surface area contributed by atoms with Crippen LogP contribution in [0.25, 0.3) is 11.1 Å². The molecule has 1 unspecified atom stereocenters. The van der Waals surface area contributed by atoms with Gasteiger partial charge in [0.25, 0.3) is 0 Å². The molecule has 1 aromatic heterocycles. The Morgan fingerprint density at radius 3 is 2.41 bits per heavy atom. The molecule has 0 bridgehead atoms. The van der Waals surface area contributed by atoms with Crippen molar-refractivity contribution in [2.45, 2.75) is 19.5 Å². The molecular formula is C29H26N2O3. The van der Waals surface area contributed by atoms with Crippen molar-refractivity contribution in [2.75, 3.05) is 13.2 Å². The van der Waals surface area contributed by atoms with E-state index in [4.69, 9.17) is 9.47 Å². The van der Waals surface area contributed by atoms with Gasteiger partial charge in [0.1, 0.15) is 18.1 Å². The number of amides is 1. The third kappa shape index (κ3) is 5.00. The Bertz CT molecular complexity index is 1250. The van der Waals surface area contributed by atoms with E-state index in [-0.39, 0.29) is 18.6 Å². The SMILES string of the molecule is Cc1ccc(CN2C(=O)COCC2c2cncc(-c3ccc(Oc4ccccc4)cc3)c2)cc1. The van der Waals surface area contributed by atoms with Crippen molar-refractivity contribution in [3.63, 3.8) is 0 Å². The Morgan fingerprint density at radius 2 is 1.65 bits per heavy atom. The topological polar surface area (TPSA) is 51.7 Å². The first-order chi connectivity index (χ1) is 16.7. The first-order valence-electron chi connectivity index (χ1n) is 11.4. The molecule has 170 valence electrons. The Kier molecular flexibility index (Phi) is 6.36. The Labute approximate surface area is 199 Å². The minimum atomic E-state index is -0.185. The molecule has 0 radical (unpaired) electrons. The van der Waals surface area contributed by atoms with E-state index in [1.165, 1.54) is 5.56 Å². The number of aromatic nitrogens is 1. The average Bonchev–Trinajstić information content (AvgIpc) is 2.88. The van der Waals surface area contributed by atoms with Crippen molar-refractivity contribution in [2.24, 2.45) is 0 Å². The van der Waals surface area contributed by atoms with Gasteiger partial charge in [-0.2, -0.15) is 0 Å². The van der Waals surface area contributed by atoms with Crippen LogP contribution in [0.15, 0.2) is 97.3 Å². The smallest absolute Gasteiger partial charge is 0.249 e. The lowest BCUT2D eigenvalue weighted by Crippen LogP contribution is -2.43. The summed E-state index contributed by atoms with van der Waals surface area (Å²) in [7, 11) is 0. The lowest BCUT2D eigenvalue weighted by Gasteiger charge is -2.36. The van der Waals surface area contributed by atoms with Crippen LogP contribution in [0.1, 0.15) is 22.7 Å². The minimum Gasteiger partial charge on any atom is -0.457 e. The van der Waals surface area contributed by atoms with Gasteiger partial charge in [0.2, 0.25) is 5.91 Å². The minimum absolute atomic E-state index is 0.00959. The number of nitrogens with zero attached hydrogens (tertiary/aromatic N) is 2. The molecular weight excluding hydrogens is 424 g/mol. The molecule has 5 heteroatoms. The van der Waals surface area contributed by atoms with Crippen LogP contribution >= 0.6 is 0 Å². The average molecular weight is 451 g/mol. The highest BCUT2D eigenvalue weighted by Crippen LogP contribution is 2.30. The Hall–Kier alpha value is -3.96. The maximum atomic E-state index is 12.8. The first-order valence-corrected chi connectivity index (χ1v) is 11.4. The largest absolute Gasteiger partial charge is 0.457 e. The zero-order valence-electron chi connectivity index (χ0n) is 19.1. The van der Waals surface area contributed by atoms with E-state index in [2.05, 4.69) is 42.2 Å². The summed E-state index contributed by atoms with van der Waals surface area (Å²) in [6.45, 7) is 3.16. The number of hydrogen-bond donors (Lipinski definition) is 0. The molecule has 1 fully saturated rings. The van der Waals surface area contributed by atoms with Gasteiger partial charge < -0.3 is 14.4 Å². The fraction of sp³-hybridized carbons (Fsp3) is 0.172. The van der Waals surface area contributed by atoms with Gasteiger partial charge in [-0.25, -0.2) is 0 Å². The summed E-state index contributed by atoms with van der Waals surface area (Å²) in [5.74, 6) is 1.56. The normalized spacial score (nSPS) is 15.9. The number of benzene rings is 3. The molecule has 4 aromatic rings. The number of para-hydroxylation sites is 1. The fourth-order valence-electron chi connectivity index (χ4n) is 4.11. The summed E-state index contributed by atoms with van der Waals surface area (Å²) in [6, 6.07) is 27.8. The Balaban J connectivity index is 1.36. The van der Waals surface area contributed by atoms with Crippen LogP contribution in [-0.2, 0) is 16.1 Å². The number of rotatable bonds is 6. The molecule has 1 aliphatic rings. The van der Waals surface area contributed by atoms with Gasteiger partial charge in [-0.05, 0) is 53.9 Å². The van der Waals surface area contributed by atoms with Crippen LogP contribution in [0.3, 0.4) is 0 Å². The van der Waals surface area contributed by atoms with Crippen molar-refractivity contribution in [1.82, 2.24) is 9.88 Å². The standard InChI is InChI=1S/C29H26N2O3/c1-21-7-9-22(10-8-21)18-31-28(19-33-20-29(31)32)25-15-24(16-30-17-25)23-11-13-27(14-12-23)34-26-5-3-2-4-6-26/h2-17,28H,18-20H2,1H3. The maximum Gasteiger partial charge on any atom is 0.249 e. The van der Waals surface area contributed by atoms with E-state index in [0.29, 0.717) is 13.2 Å². The lowest BCUT2D eigenvalue weighted by atomic mass is 10.0. The molecule has 3 aromatic carbocycles. The lowest BCUT2D eigenvalue weighted by molar-refractivity contribution is -0.149. The van der Waals surface area contributed by atoms with Crippen molar-refractivity contribution >= 4 is 5.91 Å². The van der Waals surface area contributed by atoms with Crippen LogP contribution in [0, 0.1) is 6.92 Å². The third-order valence-corrected chi connectivity index (χ3v) is 5.98. The molecule has 2 heterocycles. The second-order valence-corrected chi connectivity index (χ2v) is 8.48. The van der Waals surface area contributed by atoms with Gasteiger partial charge in [0.05, 0.1) is 12.6 Å². The second kappa shape index (κ2) is 9.89. The molecule has 0 saturated carbocycles. The van der Waals surface area contributed by atoms with Crippen LogP contribution in [-0.4, -0.2) is 29.0 Å². The second-order valence-electron chi connectivity index (χ2n) is 8.48. The molecule has 1 aliphatic heterocycles. The van der Waals surface area contributed by atoms with E-state index in [1.54, 1.807) is 0 Å². The van der Waals surface area contributed by atoms with Crippen LogP contribution in [0.4, 0.5) is 0 Å². The number of carbonyl (C=O) groups is 1. The van der Waals surface area contributed by atoms with Gasteiger partial charge in [-0.3, -0.25) is 9.78 Å². The predicted octanol–water partition coefficient (Wildman–Crippen LogP) is 5.95. The predicted molar refractivity (Wildman–Crippen MR) is 131 cm³/mol. The van der Waals surface area contributed by atoms with Gasteiger partial charge in [-0.15, -0.1) is 0 Å². The van der Waals surface area contributed by atoms with E-state index in [0.717, 1.165) is 33.8 Å². The van der Waals surface area contributed by atoms with Crippen LogP contribution in [0.5, 0.6) is 11.5 Å². The van der Waals surface area contributed by atoms with Crippen LogP contribution < -0.4 is 4.74 Å². The number of aryl methyl sites for hydroxylation is 1. The third-order valence-electron chi connectivity index (χ3n) is 5.98. The number of pyridine rings is 1. The number of hydrogen-bond acceptors (Lipinski definition) is 4. The molecule has 0 aliphatic carbocycles. The van der Waals surface area contributed by atoms with Crippen molar-refractivity contribution in [3.05, 3.63) is 114 Å². The van der Waals surface area contributed by atoms with Crippen molar-refractivity contribution in [3.8, 4) is 22.6 Å². The molecule has 5 rings (SSSR count).